The minimum Gasteiger partial charge on any atom is -0.380 e. The second-order valence-corrected chi connectivity index (χ2v) is 7.25. The first-order valence-corrected chi connectivity index (χ1v) is 9.29. The lowest BCUT2D eigenvalue weighted by atomic mass is 9.76. The van der Waals surface area contributed by atoms with Gasteiger partial charge in [0.05, 0.1) is 43.3 Å². The lowest BCUT2D eigenvalue weighted by Crippen LogP contribution is -2.44. The van der Waals surface area contributed by atoms with Gasteiger partial charge in [-0.3, -0.25) is 9.59 Å². The van der Waals surface area contributed by atoms with E-state index in [0.29, 0.717) is 32.8 Å². The van der Waals surface area contributed by atoms with E-state index in [1.54, 1.807) is 29.1 Å². The highest BCUT2D eigenvalue weighted by molar-refractivity contribution is 5.93. The van der Waals surface area contributed by atoms with Gasteiger partial charge >= 0.3 is 0 Å². The standard InChI is InChI=1S/C19H24N4O4/c1-3-26-9-8-23-11-19-6-4-14(27-19)15(16(19)18(23)25)17(24)22(2)10-13-5-7-20-12-21-13/h4-7,12,14-16H,3,8-11H2,1-2H3/t14-,15?,16?,19-/m0/s1. The summed E-state index contributed by atoms with van der Waals surface area (Å²) in [5, 5.41) is 0. The van der Waals surface area contributed by atoms with E-state index in [2.05, 4.69) is 9.97 Å². The zero-order valence-electron chi connectivity index (χ0n) is 15.6. The zero-order chi connectivity index (χ0) is 19.0. The van der Waals surface area contributed by atoms with E-state index in [1.807, 2.05) is 19.1 Å². The van der Waals surface area contributed by atoms with Crippen LogP contribution in [0.25, 0.3) is 0 Å². The van der Waals surface area contributed by atoms with Crippen molar-refractivity contribution in [1.29, 1.82) is 0 Å². The third-order valence-electron chi connectivity index (χ3n) is 5.59. The van der Waals surface area contributed by atoms with Gasteiger partial charge in [-0.25, -0.2) is 9.97 Å². The maximum atomic E-state index is 13.2. The minimum atomic E-state index is -0.677. The number of likely N-dealkylation sites (tertiary alicyclic amines) is 1. The highest BCUT2D eigenvalue weighted by Gasteiger charge is 2.66. The summed E-state index contributed by atoms with van der Waals surface area (Å²) in [6, 6.07) is 1.78. The Morgan fingerprint density at radius 3 is 3.11 bits per heavy atom. The smallest absolute Gasteiger partial charge is 0.230 e. The number of rotatable bonds is 7. The first-order chi connectivity index (χ1) is 13.1. The van der Waals surface area contributed by atoms with Gasteiger partial charge in [0.25, 0.3) is 0 Å². The van der Waals surface area contributed by atoms with Crippen LogP contribution in [0.1, 0.15) is 12.6 Å². The molecule has 8 nitrogen and oxygen atoms in total. The fourth-order valence-corrected chi connectivity index (χ4v) is 4.36. The van der Waals surface area contributed by atoms with Crippen molar-refractivity contribution in [3.8, 4) is 0 Å². The molecule has 4 atom stereocenters. The molecule has 1 aromatic rings. The summed E-state index contributed by atoms with van der Waals surface area (Å²) in [7, 11) is 1.74. The van der Waals surface area contributed by atoms with Crippen LogP contribution in [-0.4, -0.2) is 76.6 Å². The van der Waals surface area contributed by atoms with Gasteiger partial charge < -0.3 is 19.3 Å². The number of hydrogen-bond acceptors (Lipinski definition) is 6. The lowest BCUT2D eigenvalue weighted by Gasteiger charge is -2.27. The molecular weight excluding hydrogens is 348 g/mol. The number of carbonyl (C=O) groups is 2. The number of nitrogens with zero attached hydrogens (tertiary/aromatic N) is 4. The molecule has 0 radical (unpaired) electrons. The monoisotopic (exact) mass is 372 g/mol. The van der Waals surface area contributed by atoms with Gasteiger partial charge in [-0.1, -0.05) is 12.2 Å². The Balaban J connectivity index is 1.49. The molecule has 144 valence electrons. The molecule has 2 unspecified atom stereocenters. The van der Waals surface area contributed by atoms with Crippen LogP contribution in [0.3, 0.4) is 0 Å². The number of hydrogen-bond donors (Lipinski definition) is 0. The zero-order valence-corrected chi connectivity index (χ0v) is 15.6. The number of amides is 2. The predicted octanol–water partition coefficient (Wildman–Crippen LogP) is 0.254. The Hall–Kier alpha value is -2.32. The van der Waals surface area contributed by atoms with E-state index in [-0.39, 0.29) is 17.9 Å². The second kappa shape index (κ2) is 7.01. The summed E-state index contributed by atoms with van der Waals surface area (Å²) in [5.74, 6) is -1.06. The molecule has 3 aliphatic heterocycles. The Morgan fingerprint density at radius 1 is 1.52 bits per heavy atom. The van der Waals surface area contributed by atoms with Gasteiger partial charge in [0.1, 0.15) is 11.9 Å². The van der Waals surface area contributed by atoms with E-state index in [4.69, 9.17) is 9.47 Å². The van der Waals surface area contributed by atoms with Crippen LogP contribution in [0.2, 0.25) is 0 Å². The predicted molar refractivity (Wildman–Crippen MR) is 95.3 cm³/mol. The minimum absolute atomic E-state index is 0.0182. The molecule has 0 saturated carbocycles. The molecular formula is C19H24N4O4. The van der Waals surface area contributed by atoms with Crippen LogP contribution >= 0.6 is 0 Å². The molecule has 8 heteroatoms. The van der Waals surface area contributed by atoms with Gasteiger partial charge in [0.15, 0.2) is 0 Å². The molecule has 2 bridgehead atoms. The van der Waals surface area contributed by atoms with Gasteiger partial charge in [-0.05, 0) is 13.0 Å². The summed E-state index contributed by atoms with van der Waals surface area (Å²) >= 11 is 0. The van der Waals surface area contributed by atoms with Crippen LogP contribution in [0, 0.1) is 11.8 Å². The normalized spacial score (nSPS) is 30.8. The average Bonchev–Trinajstić information content (AvgIpc) is 3.31. The van der Waals surface area contributed by atoms with Crippen molar-refractivity contribution in [1.82, 2.24) is 19.8 Å². The first-order valence-electron chi connectivity index (χ1n) is 9.29. The molecule has 3 aliphatic rings. The van der Waals surface area contributed by atoms with E-state index in [1.165, 1.54) is 6.33 Å². The highest BCUT2D eigenvalue weighted by Crippen LogP contribution is 2.52. The third-order valence-corrected chi connectivity index (χ3v) is 5.59. The van der Waals surface area contributed by atoms with Crippen LogP contribution in [0.4, 0.5) is 0 Å². The summed E-state index contributed by atoms with van der Waals surface area (Å²) in [6.45, 7) is 4.40. The van der Waals surface area contributed by atoms with Gasteiger partial charge in [0, 0.05) is 26.4 Å². The maximum absolute atomic E-state index is 13.2. The van der Waals surface area contributed by atoms with Crippen molar-refractivity contribution in [3.63, 3.8) is 0 Å². The summed E-state index contributed by atoms with van der Waals surface area (Å²) < 4.78 is 11.5. The molecule has 0 aliphatic carbocycles. The largest absolute Gasteiger partial charge is 0.380 e. The van der Waals surface area contributed by atoms with E-state index < -0.39 is 17.4 Å². The Kier molecular flexibility index (Phi) is 4.69. The quantitative estimate of drug-likeness (QED) is 0.504. The lowest BCUT2D eigenvalue weighted by molar-refractivity contribution is -0.143. The van der Waals surface area contributed by atoms with Crippen LogP contribution in [-0.2, 0) is 25.6 Å². The van der Waals surface area contributed by atoms with Crippen molar-refractivity contribution < 1.29 is 19.1 Å². The summed E-state index contributed by atoms with van der Waals surface area (Å²) in [5.41, 5.74) is 0.0793. The molecule has 0 aromatic carbocycles. The Labute approximate surface area is 158 Å². The van der Waals surface area contributed by atoms with Crippen LogP contribution in [0.5, 0.6) is 0 Å². The topological polar surface area (TPSA) is 84.9 Å². The number of carbonyl (C=O) groups excluding carboxylic acids is 2. The van der Waals surface area contributed by atoms with Crippen LogP contribution < -0.4 is 0 Å². The number of fused-ring (bicyclic) bond motifs is 1. The molecule has 2 amide bonds. The molecule has 2 fully saturated rings. The SMILES string of the molecule is CCOCCN1C[C@]23C=C[C@H](O2)C(C(=O)N(C)Cc2ccncn2)C3C1=O. The number of aromatic nitrogens is 2. The van der Waals surface area contributed by atoms with Crippen molar-refractivity contribution in [3.05, 3.63) is 36.4 Å². The molecule has 4 heterocycles. The summed E-state index contributed by atoms with van der Waals surface area (Å²) in [6.07, 6.45) is 6.67. The fourth-order valence-electron chi connectivity index (χ4n) is 4.36. The maximum Gasteiger partial charge on any atom is 0.230 e. The molecule has 4 rings (SSSR count). The second-order valence-electron chi connectivity index (χ2n) is 7.25. The highest BCUT2D eigenvalue weighted by atomic mass is 16.5. The van der Waals surface area contributed by atoms with E-state index in [9.17, 15) is 9.59 Å². The van der Waals surface area contributed by atoms with Gasteiger partial charge in [-0.2, -0.15) is 0 Å². The molecule has 27 heavy (non-hydrogen) atoms. The fraction of sp³-hybridized carbons (Fsp3) is 0.579. The van der Waals surface area contributed by atoms with E-state index >= 15 is 0 Å². The first kappa shape index (κ1) is 18.1. The Morgan fingerprint density at radius 2 is 2.37 bits per heavy atom. The van der Waals surface area contributed by atoms with Crippen molar-refractivity contribution in [2.24, 2.45) is 11.8 Å². The molecule has 1 spiro atoms. The van der Waals surface area contributed by atoms with Crippen molar-refractivity contribution >= 4 is 11.8 Å². The number of ether oxygens (including phenoxy) is 2. The molecule has 2 saturated heterocycles. The average molecular weight is 372 g/mol. The molecule has 0 N–H and O–H groups in total. The van der Waals surface area contributed by atoms with Crippen molar-refractivity contribution in [2.45, 2.75) is 25.2 Å². The van der Waals surface area contributed by atoms with E-state index in [0.717, 1.165) is 5.69 Å². The molecule has 1 aromatic heterocycles. The van der Waals surface area contributed by atoms with Gasteiger partial charge in [-0.15, -0.1) is 0 Å². The van der Waals surface area contributed by atoms with Gasteiger partial charge in [0.2, 0.25) is 11.8 Å². The summed E-state index contributed by atoms with van der Waals surface area (Å²) in [4.78, 5) is 37.6. The Bertz CT molecular complexity index is 755. The van der Waals surface area contributed by atoms with Crippen LogP contribution in [0.15, 0.2) is 30.7 Å². The van der Waals surface area contributed by atoms with Crippen molar-refractivity contribution in [2.75, 3.05) is 33.4 Å². The third kappa shape index (κ3) is 3.02.